The first-order chi connectivity index (χ1) is 10.3. The van der Waals surface area contributed by atoms with Crippen molar-refractivity contribution in [3.8, 4) is 11.4 Å². The Labute approximate surface area is 125 Å². The van der Waals surface area contributed by atoms with Crippen LogP contribution in [0.5, 0.6) is 0 Å². The first-order valence-electron chi connectivity index (χ1n) is 6.78. The molecule has 0 aliphatic rings. The Bertz CT molecular complexity index is 594. The van der Waals surface area contributed by atoms with Crippen LogP contribution in [0.15, 0.2) is 30.6 Å². The fourth-order valence-corrected chi connectivity index (χ4v) is 1.94. The molecule has 0 spiro atoms. The number of aromatic nitrogens is 3. The fourth-order valence-electron chi connectivity index (χ4n) is 1.94. The Hall–Kier alpha value is -1.93. The number of aliphatic hydroxyl groups excluding tert-OH is 1. The summed E-state index contributed by atoms with van der Waals surface area (Å²) < 4.78 is 37.6. The molecule has 0 saturated heterocycles. The third-order valence-corrected chi connectivity index (χ3v) is 3.10. The lowest BCUT2D eigenvalue weighted by Gasteiger charge is -2.05. The number of alkyl halides is 3. The van der Waals surface area contributed by atoms with E-state index < -0.39 is 18.9 Å². The molecule has 5 nitrogen and oxygen atoms in total. The molecule has 1 aromatic carbocycles. The summed E-state index contributed by atoms with van der Waals surface area (Å²) in [7, 11) is 0. The molecule has 0 unspecified atom stereocenters. The van der Waals surface area contributed by atoms with Crippen molar-refractivity contribution in [1.29, 1.82) is 0 Å². The average molecular weight is 315 g/mol. The second-order valence-corrected chi connectivity index (χ2v) is 4.90. The molecule has 2 N–H and O–H groups in total. The number of halogens is 3. The second-order valence-electron chi connectivity index (χ2n) is 4.90. The minimum atomic E-state index is -4.12. The van der Waals surface area contributed by atoms with E-state index in [1.165, 1.54) is 11.0 Å². The van der Waals surface area contributed by atoms with Gasteiger partial charge in [-0.25, -0.2) is 4.98 Å². The van der Waals surface area contributed by atoms with Gasteiger partial charge < -0.3 is 10.2 Å². The lowest BCUT2D eigenvalue weighted by atomic mass is 10.1. The average Bonchev–Trinajstić information content (AvgIpc) is 2.91. The minimum Gasteiger partial charge on any atom is -0.364 e. The predicted octanol–water partition coefficient (Wildman–Crippen LogP) is 2.66. The zero-order chi connectivity index (χ0) is 16.2. The van der Waals surface area contributed by atoms with Crippen LogP contribution in [0, 0.1) is 0 Å². The number of unbranched alkanes of at least 4 members (excludes halogenated alkanes) is 1. The first-order valence-corrected chi connectivity index (χ1v) is 6.78. The summed E-state index contributed by atoms with van der Waals surface area (Å²) in [4.78, 5) is 4.09. The fraction of sp³-hybridized carbons (Fsp3) is 0.429. The Kier molecular flexibility index (Phi) is 5.15. The van der Waals surface area contributed by atoms with Crippen LogP contribution in [0.3, 0.4) is 0 Å². The van der Waals surface area contributed by atoms with E-state index >= 15 is 0 Å². The standard InChI is InChI=1S/C14H16F3N3O2/c15-14(16,17)7-1-2-8-20-9-18-12(19-20)10-3-5-11(6-4-10)13(21)22/h3-6,9,13,21-22H,1-2,7-8H2. The number of aliphatic hydroxyl groups is 2. The van der Waals surface area contributed by atoms with Gasteiger partial charge in [-0.1, -0.05) is 24.3 Å². The van der Waals surface area contributed by atoms with Gasteiger partial charge in [-0.2, -0.15) is 18.3 Å². The van der Waals surface area contributed by atoms with Gasteiger partial charge >= 0.3 is 6.18 Å². The molecule has 0 fully saturated rings. The molecule has 0 atom stereocenters. The van der Waals surface area contributed by atoms with E-state index in [-0.39, 0.29) is 6.42 Å². The maximum atomic E-state index is 12.0. The molecule has 0 amide bonds. The van der Waals surface area contributed by atoms with Crippen LogP contribution in [-0.2, 0) is 6.54 Å². The van der Waals surface area contributed by atoms with Crippen molar-refractivity contribution in [2.24, 2.45) is 0 Å². The topological polar surface area (TPSA) is 71.2 Å². The lowest BCUT2D eigenvalue weighted by molar-refractivity contribution is -0.135. The summed E-state index contributed by atoms with van der Waals surface area (Å²) in [6.45, 7) is 0.372. The van der Waals surface area contributed by atoms with Gasteiger partial charge in [-0.15, -0.1) is 0 Å². The Morgan fingerprint density at radius 3 is 2.36 bits per heavy atom. The monoisotopic (exact) mass is 315 g/mol. The zero-order valence-electron chi connectivity index (χ0n) is 11.7. The Morgan fingerprint density at radius 1 is 1.09 bits per heavy atom. The molecule has 1 heterocycles. The Balaban J connectivity index is 1.91. The molecule has 120 valence electrons. The van der Waals surface area contributed by atoms with Crippen LogP contribution in [-0.4, -0.2) is 31.2 Å². The highest BCUT2D eigenvalue weighted by atomic mass is 19.4. The molecule has 0 aliphatic heterocycles. The third-order valence-electron chi connectivity index (χ3n) is 3.10. The van der Waals surface area contributed by atoms with Gasteiger partial charge in [-0.3, -0.25) is 4.68 Å². The third kappa shape index (κ3) is 4.81. The molecule has 0 saturated carbocycles. The van der Waals surface area contributed by atoms with Crippen molar-refractivity contribution in [2.45, 2.75) is 38.3 Å². The van der Waals surface area contributed by atoms with Crippen molar-refractivity contribution in [3.05, 3.63) is 36.2 Å². The van der Waals surface area contributed by atoms with Crippen LogP contribution < -0.4 is 0 Å². The van der Waals surface area contributed by atoms with E-state index in [9.17, 15) is 13.2 Å². The summed E-state index contributed by atoms with van der Waals surface area (Å²) in [6, 6.07) is 6.39. The number of aryl methyl sites for hydroxylation is 1. The summed E-state index contributed by atoms with van der Waals surface area (Å²) in [5, 5.41) is 22.2. The van der Waals surface area contributed by atoms with Gasteiger partial charge in [0.2, 0.25) is 0 Å². The minimum absolute atomic E-state index is 0.0573. The first kappa shape index (κ1) is 16.4. The smallest absolute Gasteiger partial charge is 0.364 e. The van der Waals surface area contributed by atoms with Crippen molar-refractivity contribution < 1.29 is 23.4 Å². The van der Waals surface area contributed by atoms with Gasteiger partial charge in [-0.05, 0) is 12.8 Å². The van der Waals surface area contributed by atoms with Crippen molar-refractivity contribution in [3.63, 3.8) is 0 Å². The molecule has 1 aromatic heterocycles. The van der Waals surface area contributed by atoms with Crippen LogP contribution >= 0.6 is 0 Å². The highest BCUT2D eigenvalue weighted by Gasteiger charge is 2.25. The number of benzene rings is 1. The van der Waals surface area contributed by atoms with E-state index in [1.807, 2.05) is 0 Å². The van der Waals surface area contributed by atoms with Crippen molar-refractivity contribution >= 4 is 0 Å². The van der Waals surface area contributed by atoms with Gasteiger partial charge in [0.25, 0.3) is 0 Å². The molecule has 22 heavy (non-hydrogen) atoms. The quantitative estimate of drug-likeness (QED) is 0.635. The molecule has 0 aliphatic carbocycles. The molecule has 2 aromatic rings. The van der Waals surface area contributed by atoms with Gasteiger partial charge in [0.15, 0.2) is 12.1 Å². The molecule has 0 radical (unpaired) electrons. The highest BCUT2D eigenvalue weighted by molar-refractivity contribution is 5.54. The summed E-state index contributed by atoms with van der Waals surface area (Å²) in [5.41, 5.74) is 1.05. The molecular weight excluding hydrogens is 299 g/mol. The second kappa shape index (κ2) is 6.89. The highest BCUT2D eigenvalue weighted by Crippen LogP contribution is 2.22. The van der Waals surface area contributed by atoms with Gasteiger partial charge in [0.05, 0.1) is 0 Å². The number of rotatable bonds is 6. The Morgan fingerprint density at radius 2 is 1.77 bits per heavy atom. The largest absolute Gasteiger partial charge is 0.389 e. The van der Waals surface area contributed by atoms with Gasteiger partial charge in [0, 0.05) is 24.1 Å². The molecule has 8 heteroatoms. The summed E-state index contributed by atoms with van der Waals surface area (Å²) in [6.07, 6.45) is -4.54. The SMILES string of the molecule is OC(O)c1ccc(-c2ncn(CCCCC(F)(F)F)n2)cc1. The zero-order valence-corrected chi connectivity index (χ0v) is 11.7. The van der Waals surface area contributed by atoms with E-state index in [2.05, 4.69) is 10.1 Å². The van der Waals surface area contributed by atoms with E-state index in [0.29, 0.717) is 29.9 Å². The molecular formula is C14H16F3N3O2. The van der Waals surface area contributed by atoms with Crippen molar-refractivity contribution in [1.82, 2.24) is 14.8 Å². The lowest BCUT2D eigenvalue weighted by Crippen LogP contribution is -2.07. The molecule has 2 rings (SSSR count). The summed E-state index contributed by atoms with van der Waals surface area (Å²) in [5.74, 6) is 0.440. The normalized spacial score (nSPS) is 12.1. The van der Waals surface area contributed by atoms with Gasteiger partial charge in [0.1, 0.15) is 6.33 Å². The number of hydrogen-bond acceptors (Lipinski definition) is 4. The van der Waals surface area contributed by atoms with Crippen LogP contribution in [0.25, 0.3) is 11.4 Å². The van der Waals surface area contributed by atoms with Crippen LogP contribution in [0.1, 0.15) is 31.1 Å². The van der Waals surface area contributed by atoms with E-state index in [4.69, 9.17) is 10.2 Å². The predicted molar refractivity (Wildman–Crippen MR) is 72.5 cm³/mol. The summed E-state index contributed by atoms with van der Waals surface area (Å²) >= 11 is 0. The van der Waals surface area contributed by atoms with Crippen LogP contribution in [0.4, 0.5) is 13.2 Å². The van der Waals surface area contributed by atoms with Crippen LogP contribution in [0.2, 0.25) is 0 Å². The maximum absolute atomic E-state index is 12.0. The van der Waals surface area contributed by atoms with E-state index in [0.717, 1.165) is 0 Å². The number of hydrogen-bond donors (Lipinski definition) is 2. The van der Waals surface area contributed by atoms with E-state index in [1.54, 1.807) is 24.3 Å². The molecule has 0 bridgehead atoms. The van der Waals surface area contributed by atoms with Crippen molar-refractivity contribution in [2.75, 3.05) is 0 Å². The maximum Gasteiger partial charge on any atom is 0.389 e. The number of nitrogens with zero attached hydrogens (tertiary/aromatic N) is 3.